The van der Waals surface area contributed by atoms with Gasteiger partial charge in [0.2, 0.25) is 0 Å². The summed E-state index contributed by atoms with van der Waals surface area (Å²) in [5, 5.41) is 0. The van der Waals surface area contributed by atoms with E-state index < -0.39 is 0 Å². The molecule has 0 unspecified atom stereocenters. The molecule has 0 atom stereocenters. The summed E-state index contributed by atoms with van der Waals surface area (Å²) >= 11 is 1.91. The second kappa shape index (κ2) is 5.35. The standard InChI is InChI=1S/C13H20S/c1-10(2)6-5-7-12-8-9-13(14-12)11(3)4/h5,7-11H,6H2,1-4H3/b7-5+. The summed E-state index contributed by atoms with van der Waals surface area (Å²) in [7, 11) is 0. The van der Waals surface area contributed by atoms with E-state index in [1.807, 2.05) is 11.3 Å². The third-order valence-electron chi connectivity index (χ3n) is 2.11. The van der Waals surface area contributed by atoms with Crippen LogP contribution in [-0.2, 0) is 0 Å². The van der Waals surface area contributed by atoms with Crippen LogP contribution in [0.4, 0.5) is 0 Å². The Labute approximate surface area is 91.7 Å². The van der Waals surface area contributed by atoms with Gasteiger partial charge in [-0.05, 0) is 36.5 Å². The third kappa shape index (κ3) is 3.67. The van der Waals surface area contributed by atoms with Gasteiger partial charge < -0.3 is 0 Å². The number of hydrogen-bond acceptors (Lipinski definition) is 1. The van der Waals surface area contributed by atoms with Gasteiger partial charge in [-0.15, -0.1) is 11.3 Å². The summed E-state index contributed by atoms with van der Waals surface area (Å²) < 4.78 is 0. The van der Waals surface area contributed by atoms with Crippen molar-refractivity contribution in [2.45, 2.75) is 40.0 Å². The molecule has 0 bridgehead atoms. The van der Waals surface area contributed by atoms with E-state index in [1.54, 1.807) is 0 Å². The lowest BCUT2D eigenvalue weighted by atomic mass is 10.1. The predicted octanol–water partition coefficient (Wildman–Crippen LogP) is 4.93. The summed E-state index contributed by atoms with van der Waals surface area (Å²) in [6, 6.07) is 4.46. The zero-order chi connectivity index (χ0) is 10.6. The Balaban J connectivity index is 2.55. The lowest BCUT2D eigenvalue weighted by Gasteiger charge is -1.97. The molecular weight excluding hydrogens is 188 g/mol. The van der Waals surface area contributed by atoms with Crippen LogP contribution in [0.1, 0.15) is 49.8 Å². The first-order chi connectivity index (χ1) is 6.59. The van der Waals surface area contributed by atoms with Gasteiger partial charge in [0, 0.05) is 9.75 Å². The van der Waals surface area contributed by atoms with E-state index in [0.29, 0.717) is 5.92 Å². The molecule has 0 nitrogen and oxygen atoms in total. The molecule has 0 aliphatic rings. The van der Waals surface area contributed by atoms with E-state index in [4.69, 9.17) is 0 Å². The van der Waals surface area contributed by atoms with Gasteiger partial charge in [-0.1, -0.05) is 33.8 Å². The van der Waals surface area contributed by atoms with Crippen molar-refractivity contribution in [3.8, 4) is 0 Å². The van der Waals surface area contributed by atoms with Gasteiger partial charge in [-0.25, -0.2) is 0 Å². The van der Waals surface area contributed by atoms with E-state index in [-0.39, 0.29) is 0 Å². The van der Waals surface area contributed by atoms with Gasteiger partial charge >= 0.3 is 0 Å². The first-order valence-corrected chi connectivity index (χ1v) is 6.17. The fourth-order valence-electron chi connectivity index (χ4n) is 1.22. The van der Waals surface area contributed by atoms with Crippen molar-refractivity contribution in [3.63, 3.8) is 0 Å². The van der Waals surface area contributed by atoms with Crippen LogP contribution >= 0.6 is 11.3 Å². The van der Waals surface area contributed by atoms with E-state index >= 15 is 0 Å². The van der Waals surface area contributed by atoms with E-state index in [9.17, 15) is 0 Å². The fourth-order valence-corrected chi connectivity index (χ4v) is 2.17. The average molecular weight is 208 g/mol. The van der Waals surface area contributed by atoms with Crippen LogP contribution in [0, 0.1) is 5.92 Å². The fraction of sp³-hybridized carbons (Fsp3) is 0.538. The van der Waals surface area contributed by atoms with E-state index in [0.717, 1.165) is 5.92 Å². The lowest BCUT2D eigenvalue weighted by molar-refractivity contribution is 0.665. The Kier molecular flexibility index (Phi) is 4.40. The minimum Gasteiger partial charge on any atom is -0.141 e. The second-order valence-electron chi connectivity index (χ2n) is 4.43. The van der Waals surface area contributed by atoms with Gasteiger partial charge in [0.15, 0.2) is 0 Å². The maximum absolute atomic E-state index is 2.28. The smallest absolute Gasteiger partial charge is 0.0270 e. The molecular formula is C13H20S. The monoisotopic (exact) mass is 208 g/mol. The van der Waals surface area contributed by atoms with Crippen molar-refractivity contribution >= 4 is 17.4 Å². The van der Waals surface area contributed by atoms with Gasteiger partial charge in [0.25, 0.3) is 0 Å². The van der Waals surface area contributed by atoms with Crippen molar-refractivity contribution in [1.82, 2.24) is 0 Å². The molecule has 78 valence electrons. The molecule has 0 aliphatic carbocycles. The highest BCUT2D eigenvalue weighted by Crippen LogP contribution is 2.25. The molecule has 0 saturated carbocycles. The SMILES string of the molecule is CC(C)C/C=C/c1ccc(C(C)C)s1. The highest BCUT2D eigenvalue weighted by Gasteiger charge is 2.01. The largest absolute Gasteiger partial charge is 0.141 e. The second-order valence-corrected chi connectivity index (χ2v) is 5.57. The normalized spacial score (nSPS) is 12.1. The predicted molar refractivity (Wildman–Crippen MR) is 66.9 cm³/mol. The summed E-state index contributed by atoms with van der Waals surface area (Å²) in [4.78, 5) is 2.86. The summed E-state index contributed by atoms with van der Waals surface area (Å²) in [5.41, 5.74) is 0. The third-order valence-corrected chi connectivity index (χ3v) is 3.46. The number of hydrogen-bond donors (Lipinski definition) is 0. The minimum atomic E-state index is 0.659. The number of rotatable bonds is 4. The quantitative estimate of drug-likeness (QED) is 0.658. The molecule has 1 heteroatoms. The van der Waals surface area contributed by atoms with Crippen LogP contribution in [0.5, 0.6) is 0 Å². The van der Waals surface area contributed by atoms with Crippen molar-refractivity contribution in [2.75, 3.05) is 0 Å². The summed E-state index contributed by atoms with van der Waals surface area (Å²) in [5.74, 6) is 1.42. The molecule has 1 rings (SSSR count). The Morgan fingerprint density at radius 1 is 1.21 bits per heavy atom. The molecule has 1 aromatic rings. The molecule has 0 aliphatic heterocycles. The molecule has 0 radical (unpaired) electrons. The Morgan fingerprint density at radius 2 is 1.93 bits per heavy atom. The van der Waals surface area contributed by atoms with Crippen molar-refractivity contribution in [3.05, 3.63) is 28.0 Å². The van der Waals surface area contributed by atoms with E-state index in [2.05, 4.69) is 52.0 Å². The van der Waals surface area contributed by atoms with Crippen molar-refractivity contribution < 1.29 is 0 Å². The minimum absolute atomic E-state index is 0.659. The Hall–Kier alpha value is -0.560. The van der Waals surface area contributed by atoms with Gasteiger partial charge in [0.1, 0.15) is 0 Å². The molecule has 1 heterocycles. The van der Waals surface area contributed by atoms with Crippen LogP contribution in [-0.4, -0.2) is 0 Å². The van der Waals surface area contributed by atoms with Crippen LogP contribution in [0.2, 0.25) is 0 Å². The highest BCUT2D eigenvalue weighted by atomic mass is 32.1. The first-order valence-electron chi connectivity index (χ1n) is 5.36. The van der Waals surface area contributed by atoms with Gasteiger partial charge in [-0.2, -0.15) is 0 Å². The van der Waals surface area contributed by atoms with Gasteiger partial charge in [0.05, 0.1) is 0 Å². The summed E-state index contributed by atoms with van der Waals surface area (Å²) in [6.07, 6.45) is 5.70. The zero-order valence-electron chi connectivity index (χ0n) is 9.58. The van der Waals surface area contributed by atoms with E-state index in [1.165, 1.54) is 16.2 Å². The maximum Gasteiger partial charge on any atom is 0.0270 e. The molecule has 0 fully saturated rings. The van der Waals surface area contributed by atoms with Crippen LogP contribution in [0.25, 0.3) is 6.08 Å². The molecule has 0 spiro atoms. The van der Waals surface area contributed by atoms with Crippen LogP contribution in [0.15, 0.2) is 18.2 Å². The number of thiophene rings is 1. The lowest BCUT2D eigenvalue weighted by Crippen LogP contribution is -1.80. The molecule has 0 saturated heterocycles. The molecule has 14 heavy (non-hydrogen) atoms. The van der Waals surface area contributed by atoms with Crippen molar-refractivity contribution in [1.29, 1.82) is 0 Å². The maximum atomic E-state index is 2.28. The summed E-state index contributed by atoms with van der Waals surface area (Å²) in [6.45, 7) is 8.98. The molecule has 0 N–H and O–H groups in total. The molecule has 0 amide bonds. The molecule has 0 aromatic carbocycles. The zero-order valence-corrected chi connectivity index (χ0v) is 10.4. The molecule has 1 aromatic heterocycles. The average Bonchev–Trinajstić information content (AvgIpc) is 2.52. The van der Waals surface area contributed by atoms with Crippen LogP contribution < -0.4 is 0 Å². The Morgan fingerprint density at radius 3 is 2.43 bits per heavy atom. The first kappa shape index (κ1) is 11.5. The number of allylic oxidation sites excluding steroid dienone is 1. The highest BCUT2D eigenvalue weighted by molar-refractivity contribution is 7.13. The van der Waals surface area contributed by atoms with Crippen molar-refractivity contribution in [2.24, 2.45) is 5.92 Å². The van der Waals surface area contributed by atoms with Gasteiger partial charge in [-0.3, -0.25) is 0 Å². The Bertz CT molecular complexity index is 292. The van der Waals surface area contributed by atoms with Crippen LogP contribution in [0.3, 0.4) is 0 Å². The topological polar surface area (TPSA) is 0 Å².